The van der Waals surface area contributed by atoms with Crippen LogP contribution in [0.1, 0.15) is 11.1 Å². The minimum absolute atomic E-state index is 0.152. The molecule has 14 heavy (non-hydrogen) atoms. The number of nitrogens with one attached hydrogen (secondary N) is 1. The fraction of sp³-hybridized carbons (Fsp3) is 0.250. The molecule has 0 unspecified atom stereocenters. The normalized spacial score (nSPS) is 12.3. The lowest BCUT2D eigenvalue weighted by Gasteiger charge is -2.08. The van der Waals surface area contributed by atoms with Gasteiger partial charge in [0.2, 0.25) is 0 Å². The fourth-order valence-electron chi connectivity index (χ4n) is 1.30. The fourth-order valence-corrected chi connectivity index (χ4v) is 1.30. The smallest absolute Gasteiger partial charge is 0.197 e. The third-order valence-electron chi connectivity index (χ3n) is 1.97. The van der Waals surface area contributed by atoms with Gasteiger partial charge in [-0.3, -0.25) is 0 Å². The molecule has 1 heterocycles. The maximum absolute atomic E-state index is 12.4. The highest BCUT2D eigenvalue weighted by Crippen LogP contribution is 2.33. The van der Waals surface area contributed by atoms with Gasteiger partial charge in [-0.05, 0) is 24.6 Å². The molecule has 0 bridgehead atoms. The Morgan fingerprint density at radius 1 is 1.14 bits per heavy atom. The maximum Gasteiger partial charge on any atom is 0.416 e. The molecule has 0 spiro atoms. The molecule has 0 aliphatic rings. The molecule has 0 fully saturated rings. The molecule has 1 aromatic heterocycles. The number of hydrogen-bond acceptors (Lipinski definition) is 2. The number of halogens is 3. The second-order valence-electron chi connectivity index (χ2n) is 2.98. The number of alkyl halides is 3. The molecule has 0 aliphatic carbocycles. The van der Waals surface area contributed by atoms with Crippen molar-refractivity contribution in [3.63, 3.8) is 0 Å². The summed E-state index contributed by atoms with van der Waals surface area (Å²) in [5.41, 5.74) is 0.149. The Labute approximate surface area is 76.9 Å². The van der Waals surface area contributed by atoms with Crippen LogP contribution in [0.15, 0.2) is 12.1 Å². The zero-order chi connectivity index (χ0) is 10.3. The Balaban J connectivity index is 2.71. The monoisotopic (exact) mass is 201 g/mol. The van der Waals surface area contributed by atoms with E-state index in [0.29, 0.717) is 5.52 Å². The van der Waals surface area contributed by atoms with Crippen molar-refractivity contribution < 1.29 is 13.2 Å². The molecule has 1 N–H and O–H groups in total. The molecule has 0 aliphatic heterocycles. The van der Waals surface area contributed by atoms with Crippen LogP contribution in [-0.4, -0.2) is 15.4 Å². The summed E-state index contributed by atoms with van der Waals surface area (Å²) >= 11 is 0. The molecule has 6 heteroatoms. The van der Waals surface area contributed by atoms with Crippen LogP contribution < -0.4 is 0 Å². The number of fused-ring (bicyclic) bond motifs is 1. The second kappa shape index (κ2) is 2.70. The largest absolute Gasteiger partial charge is 0.416 e. The standard InChI is InChI=1S/C8H6F3N3/c1-4-2-6-7(13-14-12-6)3-5(4)8(9,10)11/h2-3H,1H3,(H,12,13,14). The van der Waals surface area contributed by atoms with Crippen LogP contribution in [0, 0.1) is 6.92 Å². The molecular formula is C8H6F3N3. The Morgan fingerprint density at radius 3 is 2.29 bits per heavy atom. The summed E-state index contributed by atoms with van der Waals surface area (Å²) in [6, 6.07) is 2.36. The zero-order valence-corrected chi connectivity index (χ0v) is 7.18. The predicted octanol–water partition coefficient (Wildman–Crippen LogP) is 2.29. The molecular weight excluding hydrogens is 195 g/mol. The van der Waals surface area contributed by atoms with E-state index < -0.39 is 11.7 Å². The van der Waals surface area contributed by atoms with Gasteiger partial charge in [0.1, 0.15) is 11.0 Å². The summed E-state index contributed by atoms with van der Waals surface area (Å²) in [6.45, 7) is 1.40. The van der Waals surface area contributed by atoms with Gasteiger partial charge in [0.15, 0.2) is 0 Å². The van der Waals surface area contributed by atoms with Gasteiger partial charge in [-0.25, -0.2) is 0 Å². The van der Waals surface area contributed by atoms with E-state index >= 15 is 0 Å². The lowest BCUT2D eigenvalue weighted by Crippen LogP contribution is -2.07. The number of hydrogen-bond donors (Lipinski definition) is 1. The van der Waals surface area contributed by atoms with Crippen molar-refractivity contribution in [1.82, 2.24) is 15.4 Å². The average Bonchev–Trinajstić information content (AvgIpc) is 2.47. The summed E-state index contributed by atoms with van der Waals surface area (Å²) in [6.07, 6.45) is -4.34. The topological polar surface area (TPSA) is 41.6 Å². The van der Waals surface area contributed by atoms with E-state index in [2.05, 4.69) is 15.4 Å². The van der Waals surface area contributed by atoms with Crippen LogP contribution in [0.5, 0.6) is 0 Å². The van der Waals surface area contributed by atoms with Gasteiger partial charge in [0.25, 0.3) is 0 Å². The molecule has 1 aromatic carbocycles. The van der Waals surface area contributed by atoms with Crippen molar-refractivity contribution in [3.8, 4) is 0 Å². The number of rotatable bonds is 0. The predicted molar refractivity (Wildman–Crippen MR) is 43.6 cm³/mol. The van der Waals surface area contributed by atoms with Crippen LogP contribution >= 0.6 is 0 Å². The van der Waals surface area contributed by atoms with Gasteiger partial charge in [0.05, 0.1) is 5.56 Å². The Morgan fingerprint density at radius 2 is 1.71 bits per heavy atom. The molecule has 0 atom stereocenters. The summed E-state index contributed by atoms with van der Waals surface area (Å²) in [5.74, 6) is 0. The van der Waals surface area contributed by atoms with Gasteiger partial charge < -0.3 is 0 Å². The van der Waals surface area contributed by atoms with E-state index in [4.69, 9.17) is 0 Å². The van der Waals surface area contributed by atoms with Crippen molar-refractivity contribution in [3.05, 3.63) is 23.3 Å². The van der Waals surface area contributed by atoms with E-state index in [0.717, 1.165) is 6.07 Å². The first kappa shape index (κ1) is 8.98. The van der Waals surface area contributed by atoms with Crippen LogP contribution in [0.4, 0.5) is 13.2 Å². The van der Waals surface area contributed by atoms with E-state index in [1.54, 1.807) is 0 Å². The number of aromatic nitrogens is 3. The molecule has 74 valence electrons. The quantitative estimate of drug-likeness (QED) is 0.710. The molecule has 0 amide bonds. The summed E-state index contributed by atoms with van der Waals surface area (Å²) in [4.78, 5) is 0. The SMILES string of the molecule is Cc1cc2n[nH]nc2cc1C(F)(F)F. The van der Waals surface area contributed by atoms with Gasteiger partial charge in [-0.1, -0.05) is 0 Å². The minimum Gasteiger partial charge on any atom is -0.197 e. The van der Waals surface area contributed by atoms with Gasteiger partial charge in [-0.15, -0.1) is 0 Å². The number of H-pyrrole nitrogens is 1. The second-order valence-corrected chi connectivity index (χ2v) is 2.98. The van der Waals surface area contributed by atoms with Crippen LogP contribution in [0.3, 0.4) is 0 Å². The Bertz CT molecular complexity index is 472. The highest BCUT2D eigenvalue weighted by Gasteiger charge is 2.32. The number of benzene rings is 1. The highest BCUT2D eigenvalue weighted by atomic mass is 19.4. The van der Waals surface area contributed by atoms with Crippen molar-refractivity contribution in [2.75, 3.05) is 0 Å². The zero-order valence-electron chi connectivity index (χ0n) is 7.18. The van der Waals surface area contributed by atoms with Gasteiger partial charge in [0, 0.05) is 0 Å². The number of aryl methyl sites for hydroxylation is 1. The highest BCUT2D eigenvalue weighted by molar-refractivity contribution is 5.75. The number of nitrogens with zero attached hydrogens (tertiary/aromatic N) is 2. The Hall–Kier alpha value is -1.59. The average molecular weight is 201 g/mol. The molecule has 0 saturated carbocycles. The summed E-state index contributed by atoms with van der Waals surface area (Å²) < 4.78 is 37.3. The van der Waals surface area contributed by atoms with E-state index in [1.165, 1.54) is 13.0 Å². The van der Waals surface area contributed by atoms with E-state index in [1.807, 2.05) is 0 Å². The van der Waals surface area contributed by atoms with E-state index in [9.17, 15) is 13.2 Å². The first-order chi connectivity index (χ1) is 6.48. The van der Waals surface area contributed by atoms with Gasteiger partial charge >= 0.3 is 6.18 Å². The maximum atomic E-state index is 12.4. The van der Waals surface area contributed by atoms with Gasteiger partial charge in [-0.2, -0.15) is 28.6 Å². The first-order valence-electron chi connectivity index (χ1n) is 3.87. The van der Waals surface area contributed by atoms with Crippen molar-refractivity contribution in [1.29, 1.82) is 0 Å². The third-order valence-corrected chi connectivity index (χ3v) is 1.97. The number of aromatic amines is 1. The van der Waals surface area contributed by atoms with Crippen LogP contribution in [-0.2, 0) is 6.18 Å². The molecule has 0 saturated heterocycles. The van der Waals surface area contributed by atoms with Crippen molar-refractivity contribution in [2.24, 2.45) is 0 Å². The first-order valence-corrected chi connectivity index (χ1v) is 3.87. The lowest BCUT2D eigenvalue weighted by atomic mass is 10.1. The molecule has 0 radical (unpaired) electrons. The Kier molecular flexibility index (Phi) is 1.73. The molecule has 2 aromatic rings. The van der Waals surface area contributed by atoms with Crippen LogP contribution in [0.2, 0.25) is 0 Å². The summed E-state index contributed by atoms with van der Waals surface area (Å²) in [5, 5.41) is 9.57. The van der Waals surface area contributed by atoms with Crippen molar-refractivity contribution >= 4 is 11.0 Å². The lowest BCUT2D eigenvalue weighted by molar-refractivity contribution is -0.137. The van der Waals surface area contributed by atoms with Crippen LogP contribution in [0.25, 0.3) is 11.0 Å². The molecule has 3 nitrogen and oxygen atoms in total. The minimum atomic E-state index is -4.34. The summed E-state index contributed by atoms with van der Waals surface area (Å²) in [7, 11) is 0. The van der Waals surface area contributed by atoms with E-state index in [-0.39, 0.29) is 11.1 Å². The molecule has 2 rings (SSSR count). The van der Waals surface area contributed by atoms with Crippen molar-refractivity contribution in [2.45, 2.75) is 13.1 Å². The third kappa shape index (κ3) is 1.32.